The maximum Gasteiger partial charge on any atom is 0.498 e. The van der Waals surface area contributed by atoms with Crippen molar-refractivity contribution in [1.29, 1.82) is 0 Å². The van der Waals surface area contributed by atoms with E-state index < -0.39 is 0 Å². The Balaban J connectivity index is 1.80. The average molecular weight is 254 g/mol. The molecule has 0 saturated carbocycles. The molecule has 0 bridgehead atoms. The van der Waals surface area contributed by atoms with Gasteiger partial charge in [0, 0.05) is 12.6 Å². The van der Waals surface area contributed by atoms with E-state index in [2.05, 4.69) is 0 Å². The normalized spacial score (nSPS) is 13.4. The lowest BCUT2D eigenvalue weighted by Crippen LogP contribution is -2.32. The zero-order valence-electron chi connectivity index (χ0n) is 10.8. The molecule has 0 fully saturated rings. The third-order valence-electron chi connectivity index (χ3n) is 3.23. The lowest BCUT2D eigenvalue weighted by Gasteiger charge is -2.12. The quantitative estimate of drug-likeness (QED) is 0.782. The minimum atomic E-state index is -0.318. The fourth-order valence-corrected chi connectivity index (χ4v) is 2.28. The molecule has 1 heterocycles. The van der Waals surface area contributed by atoms with Gasteiger partial charge in [-0.15, -0.1) is 0 Å². The highest BCUT2D eigenvalue weighted by molar-refractivity contribution is 6.63. The molecule has 0 N–H and O–H groups in total. The van der Waals surface area contributed by atoms with Crippen molar-refractivity contribution in [1.82, 2.24) is 0 Å². The van der Waals surface area contributed by atoms with Crippen LogP contribution in [0.1, 0.15) is 11.1 Å². The molecule has 0 spiro atoms. The minimum Gasteiger partial charge on any atom is -0.489 e. The summed E-state index contributed by atoms with van der Waals surface area (Å²) >= 11 is 0. The van der Waals surface area contributed by atoms with Gasteiger partial charge in [0.05, 0.1) is 6.61 Å². The van der Waals surface area contributed by atoms with Gasteiger partial charge in [0.2, 0.25) is 0 Å². The minimum absolute atomic E-state index is 0.318. The Morgan fingerprint density at radius 2 is 1.95 bits per heavy atom. The summed E-state index contributed by atoms with van der Waals surface area (Å²) in [6.45, 7) is 1.13. The van der Waals surface area contributed by atoms with Gasteiger partial charge in [0.25, 0.3) is 0 Å². The van der Waals surface area contributed by atoms with E-state index in [0.717, 1.165) is 22.3 Å². The highest BCUT2D eigenvalue weighted by atomic mass is 16.6. The van der Waals surface area contributed by atoms with Gasteiger partial charge in [0.15, 0.2) is 0 Å². The molecule has 19 heavy (non-hydrogen) atoms. The lowest BCUT2D eigenvalue weighted by molar-refractivity contribution is 0.245. The molecule has 3 rings (SSSR count). The van der Waals surface area contributed by atoms with E-state index in [0.29, 0.717) is 13.2 Å². The van der Waals surface area contributed by atoms with Gasteiger partial charge < -0.3 is 14.0 Å². The zero-order valence-corrected chi connectivity index (χ0v) is 10.8. The largest absolute Gasteiger partial charge is 0.498 e. The van der Waals surface area contributed by atoms with Gasteiger partial charge in [-0.2, -0.15) is 0 Å². The van der Waals surface area contributed by atoms with Crippen molar-refractivity contribution in [3.8, 4) is 5.75 Å². The fraction of sp³-hybridized carbons (Fsp3) is 0.200. The fourth-order valence-electron chi connectivity index (χ4n) is 2.28. The Kier molecular flexibility index (Phi) is 3.53. The van der Waals surface area contributed by atoms with E-state index in [1.807, 2.05) is 48.5 Å². The monoisotopic (exact) mass is 254 g/mol. The standard InChI is InChI=1S/C15H15BO3/c1-17-16-15-13(11-19-16)8-5-9-14(15)18-10-12-6-3-2-4-7-12/h2-9H,10-11H2,1H3. The lowest BCUT2D eigenvalue weighted by atomic mass is 9.78. The molecule has 2 aromatic carbocycles. The van der Waals surface area contributed by atoms with E-state index in [-0.39, 0.29) is 7.12 Å². The van der Waals surface area contributed by atoms with Gasteiger partial charge in [-0.1, -0.05) is 42.5 Å². The van der Waals surface area contributed by atoms with Crippen molar-refractivity contribution in [2.24, 2.45) is 0 Å². The topological polar surface area (TPSA) is 27.7 Å². The van der Waals surface area contributed by atoms with Crippen LogP contribution < -0.4 is 10.2 Å². The second-order valence-electron chi connectivity index (χ2n) is 4.48. The first-order valence-electron chi connectivity index (χ1n) is 6.31. The van der Waals surface area contributed by atoms with Crippen LogP contribution in [0.25, 0.3) is 0 Å². The first kappa shape index (κ1) is 12.3. The van der Waals surface area contributed by atoms with Crippen LogP contribution in [0, 0.1) is 0 Å². The Morgan fingerprint density at radius 1 is 1.11 bits per heavy atom. The molecule has 0 aliphatic carbocycles. The molecular weight excluding hydrogens is 239 g/mol. The summed E-state index contributed by atoms with van der Waals surface area (Å²) in [4.78, 5) is 0. The summed E-state index contributed by atoms with van der Waals surface area (Å²) in [5.74, 6) is 0.839. The Labute approximate surface area is 113 Å². The van der Waals surface area contributed by atoms with Crippen LogP contribution in [0.2, 0.25) is 0 Å². The van der Waals surface area contributed by atoms with E-state index >= 15 is 0 Å². The first-order valence-corrected chi connectivity index (χ1v) is 6.31. The first-order chi connectivity index (χ1) is 9.38. The molecular formula is C15H15BO3. The van der Waals surface area contributed by atoms with Crippen molar-refractivity contribution in [3.63, 3.8) is 0 Å². The van der Waals surface area contributed by atoms with Gasteiger partial charge >= 0.3 is 7.12 Å². The van der Waals surface area contributed by atoms with E-state index in [1.54, 1.807) is 7.11 Å². The van der Waals surface area contributed by atoms with Gasteiger partial charge in [-0.3, -0.25) is 0 Å². The predicted molar refractivity (Wildman–Crippen MR) is 74.4 cm³/mol. The Bertz CT molecular complexity index is 557. The molecule has 2 aromatic rings. The summed E-state index contributed by atoms with van der Waals surface area (Å²) in [5.41, 5.74) is 3.30. The highest BCUT2D eigenvalue weighted by Crippen LogP contribution is 2.20. The number of ether oxygens (including phenoxy) is 1. The molecule has 1 aliphatic heterocycles. The van der Waals surface area contributed by atoms with Crippen molar-refractivity contribution >= 4 is 12.6 Å². The summed E-state index contributed by atoms with van der Waals surface area (Å²) in [7, 11) is 1.33. The highest BCUT2D eigenvalue weighted by Gasteiger charge is 2.33. The van der Waals surface area contributed by atoms with Crippen molar-refractivity contribution < 1.29 is 14.0 Å². The summed E-state index contributed by atoms with van der Waals surface area (Å²) < 4.78 is 16.8. The molecule has 3 nitrogen and oxygen atoms in total. The van der Waals surface area contributed by atoms with Crippen LogP contribution in [-0.4, -0.2) is 14.2 Å². The predicted octanol–water partition coefficient (Wildman–Crippen LogP) is 2.14. The van der Waals surface area contributed by atoms with Crippen molar-refractivity contribution in [3.05, 3.63) is 59.7 Å². The molecule has 0 atom stereocenters. The number of rotatable bonds is 4. The number of hydrogen-bond acceptors (Lipinski definition) is 3. The molecule has 0 aromatic heterocycles. The van der Waals surface area contributed by atoms with Crippen LogP contribution in [0.15, 0.2) is 48.5 Å². The maximum absolute atomic E-state index is 5.91. The second kappa shape index (κ2) is 5.47. The zero-order chi connectivity index (χ0) is 13.1. The van der Waals surface area contributed by atoms with E-state index in [4.69, 9.17) is 14.0 Å². The number of hydrogen-bond donors (Lipinski definition) is 0. The van der Waals surface area contributed by atoms with Crippen molar-refractivity contribution in [2.45, 2.75) is 13.2 Å². The molecule has 0 unspecified atom stereocenters. The van der Waals surface area contributed by atoms with E-state index in [9.17, 15) is 0 Å². The summed E-state index contributed by atoms with van der Waals surface area (Å²) in [5, 5.41) is 0. The SMILES string of the molecule is COB1OCc2cccc(OCc3ccccc3)c21. The summed E-state index contributed by atoms with van der Waals surface area (Å²) in [6.07, 6.45) is 0. The van der Waals surface area contributed by atoms with Crippen LogP contribution in [-0.2, 0) is 22.5 Å². The molecule has 1 aliphatic rings. The second-order valence-corrected chi connectivity index (χ2v) is 4.48. The average Bonchev–Trinajstić information content (AvgIpc) is 2.90. The van der Waals surface area contributed by atoms with Gasteiger partial charge in [-0.05, 0) is 17.2 Å². The van der Waals surface area contributed by atoms with Crippen LogP contribution in [0.5, 0.6) is 5.75 Å². The Hall–Kier alpha value is -1.78. The molecule has 0 radical (unpaired) electrons. The van der Waals surface area contributed by atoms with Gasteiger partial charge in [0.1, 0.15) is 12.4 Å². The molecule has 96 valence electrons. The molecule has 4 heteroatoms. The maximum atomic E-state index is 5.91. The van der Waals surface area contributed by atoms with Crippen LogP contribution in [0.3, 0.4) is 0 Å². The number of benzene rings is 2. The van der Waals surface area contributed by atoms with E-state index in [1.165, 1.54) is 0 Å². The third-order valence-corrected chi connectivity index (χ3v) is 3.23. The van der Waals surface area contributed by atoms with Crippen LogP contribution >= 0.6 is 0 Å². The number of fused-ring (bicyclic) bond motifs is 1. The van der Waals surface area contributed by atoms with Gasteiger partial charge in [-0.25, -0.2) is 0 Å². The van der Waals surface area contributed by atoms with Crippen molar-refractivity contribution in [2.75, 3.05) is 7.11 Å². The van der Waals surface area contributed by atoms with Crippen LogP contribution in [0.4, 0.5) is 0 Å². The Morgan fingerprint density at radius 3 is 2.74 bits per heavy atom. The molecule has 0 amide bonds. The smallest absolute Gasteiger partial charge is 0.489 e. The third kappa shape index (κ3) is 2.50. The summed E-state index contributed by atoms with van der Waals surface area (Å²) in [6, 6.07) is 16.1. The molecule has 0 saturated heterocycles.